The number of hydrogen-bond donors (Lipinski definition) is 1. The highest BCUT2D eigenvalue weighted by Crippen LogP contribution is 2.37. The van der Waals surface area contributed by atoms with Gasteiger partial charge in [-0.2, -0.15) is 0 Å². The van der Waals surface area contributed by atoms with Crippen molar-refractivity contribution >= 4 is 24.0 Å². The second-order valence-corrected chi connectivity index (χ2v) is 6.86. The molecule has 1 aromatic carbocycles. The number of nitrogens with zero attached hydrogens (tertiary/aromatic N) is 1. The fraction of sp³-hybridized carbons (Fsp3) is 0.625. The minimum Gasteiger partial charge on any atom is -0.316 e. The Hall–Kier alpha value is -0.280. The molecule has 2 saturated heterocycles. The van der Waals surface area contributed by atoms with Crippen molar-refractivity contribution in [3.63, 3.8) is 0 Å². The van der Waals surface area contributed by atoms with E-state index in [4.69, 9.17) is 11.6 Å². The van der Waals surface area contributed by atoms with Crippen molar-refractivity contribution in [2.24, 2.45) is 5.41 Å². The van der Waals surface area contributed by atoms with Gasteiger partial charge in [-0.25, -0.2) is 0 Å². The first kappa shape index (κ1) is 16.1. The van der Waals surface area contributed by atoms with Crippen LogP contribution in [-0.4, -0.2) is 31.1 Å². The second kappa shape index (κ2) is 6.65. The first-order chi connectivity index (χ1) is 9.16. The summed E-state index contributed by atoms with van der Waals surface area (Å²) in [5, 5.41) is 4.36. The van der Waals surface area contributed by atoms with Crippen molar-refractivity contribution in [1.82, 2.24) is 10.2 Å². The van der Waals surface area contributed by atoms with E-state index in [-0.39, 0.29) is 12.4 Å². The van der Waals surface area contributed by atoms with Crippen molar-refractivity contribution in [3.05, 3.63) is 34.9 Å². The van der Waals surface area contributed by atoms with Crippen LogP contribution in [0, 0.1) is 5.41 Å². The monoisotopic (exact) mass is 314 g/mol. The normalized spacial score (nSPS) is 30.4. The SMILES string of the molecule is CC1(CN2CCCC2c2cccc(Cl)c2)CCNC1.Cl. The quantitative estimate of drug-likeness (QED) is 0.910. The first-order valence-electron chi connectivity index (χ1n) is 7.37. The van der Waals surface area contributed by atoms with Crippen LogP contribution in [0.1, 0.15) is 37.8 Å². The van der Waals surface area contributed by atoms with Crippen LogP contribution >= 0.6 is 24.0 Å². The van der Waals surface area contributed by atoms with Gasteiger partial charge in [0.15, 0.2) is 0 Å². The highest BCUT2D eigenvalue weighted by Gasteiger charge is 2.35. The Morgan fingerprint density at radius 1 is 1.45 bits per heavy atom. The number of rotatable bonds is 3. The van der Waals surface area contributed by atoms with E-state index in [1.54, 1.807) is 0 Å². The molecule has 0 aliphatic carbocycles. The highest BCUT2D eigenvalue weighted by atomic mass is 35.5. The number of hydrogen-bond acceptors (Lipinski definition) is 2. The molecule has 2 heterocycles. The lowest BCUT2D eigenvalue weighted by atomic mass is 9.88. The standard InChI is InChI=1S/C16H23ClN2.ClH/c1-16(7-8-18-11-16)12-19-9-3-6-15(19)13-4-2-5-14(17)10-13;/h2,4-5,10,15,18H,3,6-9,11-12H2,1H3;1H. The molecule has 2 atom stereocenters. The van der Waals surface area contributed by atoms with Crippen LogP contribution < -0.4 is 5.32 Å². The molecule has 2 fully saturated rings. The minimum absolute atomic E-state index is 0. The van der Waals surface area contributed by atoms with E-state index in [1.165, 1.54) is 44.5 Å². The van der Waals surface area contributed by atoms with E-state index in [1.807, 2.05) is 6.07 Å². The van der Waals surface area contributed by atoms with E-state index in [0.29, 0.717) is 11.5 Å². The third kappa shape index (κ3) is 3.48. The molecular formula is C16H24Cl2N2. The zero-order chi connectivity index (χ0) is 13.3. The van der Waals surface area contributed by atoms with E-state index >= 15 is 0 Å². The summed E-state index contributed by atoms with van der Waals surface area (Å²) < 4.78 is 0. The number of nitrogens with one attached hydrogen (secondary N) is 1. The molecule has 20 heavy (non-hydrogen) atoms. The molecule has 2 unspecified atom stereocenters. The largest absolute Gasteiger partial charge is 0.316 e. The van der Waals surface area contributed by atoms with E-state index in [0.717, 1.165) is 11.6 Å². The number of likely N-dealkylation sites (tertiary alicyclic amines) is 1. The van der Waals surface area contributed by atoms with Crippen molar-refractivity contribution in [3.8, 4) is 0 Å². The van der Waals surface area contributed by atoms with Crippen LogP contribution in [0.3, 0.4) is 0 Å². The predicted octanol–water partition coefficient (Wildman–Crippen LogP) is 3.90. The van der Waals surface area contributed by atoms with E-state index in [2.05, 4.69) is 35.3 Å². The molecule has 0 radical (unpaired) electrons. The fourth-order valence-electron chi connectivity index (χ4n) is 3.60. The van der Waals surface area contributed by atoms with Gasteiger partial charge in [0.05, 0.1) is 0 Å². The Bertz CT molecular complexity index is 444. The van der Waals surface area contributed by atoms with E-state index < -0.39 is 0 Å². The minimum atomic E-state index is 0. The number of halogens is 2. The summed E-state index contributed by atoms with van der Waals surface area (Å²) >= 11 is 6.14. The summed E-state index contributed by atoms with van der Waals surface area (Å²) in [5.74, 6) is 0. The maximum atomic E-state index is 6.14. The number of benzene rings is 1. The van der Waals surface area contributed by atoms with Gasteiger partial charge in [0, 0.05) is 24.2 Å². The molecule has 3 rings (SSSR count). The molecule has 1 N–H and O–H groups in total. The molecule has 112 valence electrons. The molecule has 0 spiro atoms. The lowest BCUT2D eigenvalue weighted by Crippen LogP contribution is -2.37. The highest BCUT2D eigenvalue weighted by molar-refractivity contribution is 6.30. The van der Waals surface area contributed by atoms with Gasteiger partial charge in [-0.05, 0) is 55.5 Å². The lowest BCUT2D eigenvalue weighted by molar-refractivity contribution is 0.165. The van der Waals surface area contributed by atoms with Crippen LogP contribution in [0.4, 0.5) is 0 Å². The molecule has 0 bridgehead atoms. The molecule has 0 saturated carbocycles. The summed E-state index contributed by atoms with van der Waals surface area (Å²) in [4.78, 5) is 2.67. The molecule has 4 heteroatoms. The van der Waals surface area contributed by atoms with Gasteiger partial charge >= 0.3 is 0 Å². The molecular weight excluding hydrogens is 291 g/mol. The van der Waals surface area contributed by atoms with Gasteiger partial charge in [0.25, 0.3) is 0 Å². The van der Waals surface area contributed by atoms with Gasteiger partial charge < -0.3 is 5.32 Å². The van der Waals surface area contributed by atoms with Crippen molar-refractivity contribution in [2.45, 2.75) is 32.2 Å². The predicted molar refractivity (Wildman–Crippen MR) is 87.8 cm³/mol. The fourth-order valence-corrected chi connectivity index (χ4v) is 3.80. The van der Waals surface area contributed by atoms with Crippen LogP contribution in [-0.2, 0) is 0 Å². The van der Waals surface area contributed by atoms with Crippen molar-refractivity contribution in [2.75, 3.05) is 26.2 Å². The molecule has 0 amide bonds. The van der Waals surface area contributed by atoms with Gasteiger partial charge in [0.1, 0.15) is 0 Å². The molecule has 1 aromatic rings. The summed E-state index contributed by atoms with van der Waals surface area (Å²) in [5.41, 5.74) is 1.83. The molecule has 2 aliphatic heterocycles. The first-order valence-corrected chi connectivity index (χ1v) is 7.74. The second-order valence-electron chi connectivity index (χ2n) is 6.42. The Labute approximate surface area is 133 Å². The van der Waals surface area contributed by atoms with Crippen molar-refractivity contribution in [1.29, 1.82) is 0 Å². The topological polar surface area (TPSA) is 15.3 Å². The lowest BCUT2D eigenvalue weighted by Gasteiger charge is -2.33. The smallest absolute Gasteiger partial charge is 0.0409 e. The summed E-state index contributed by atoms with van der Waals surface area (Å²) in [6.45, 7) is 7.18. The van der Waals surface area contributed by atoms with Crippen LogP contribution in [0.2, 0.25) is 5.02 Å². The molecule has 2 nitrogen and oxygen atoms in total. The van der Waals surface area contributed by atoms with E-state index in [9.17, 15) is 0 Å². The van der Waals surface area contributed by atoms with Crippen LogP contribution in [0.15, 0.2) is 24.3 Å². The Morgan fingerprint density at radius 2 is 2.30 bits per heavy atom. The average Bonchev–Trinajstić information content (AvgIpc) is 2.99. The maximum absolute atomic E-state index is 6.14. The zero-order valence-electron chi connectivity index (χ0n) is 12.1. The third-order valence-corrected chi connectivity index (χ3v) is 4.87. The Kier molecular flexibility index (Phi) is 5.36. The summed E-state index contributed by atoms with van der Waals surface area (Å²) in [7, 11) is 0. The maximum Gasteiger partial charge on any atom is 0.0409 e. The van der Waals surface area contributed by atoms with Crippen molar-refractivity contribution < 1.29 is 0 Å². The van der Waals surface area contributed by atoms with Gasteiger partial charge in [-0.15, -0.1) is 12.4 Å². The van der Waals surface area contributed by atoms with Crippen LogP contribution in [0.25, 0.3) is 0 Å². The van der Waals surface area contributed by atoms with Crippen LogP contribution in [0.5, 0.6) is 0 Å². The zero-order valence-corrected chi connectivity index (χ0v) is 13.6. The average molecular weight is 315 g/mol. The summed E-state index contributed by atoms with van der Waals surface area (Å²) in [6.07, 6.45) is 3.87. The Balaban J connectivity index is 0.00000147. The third-order valence-electron chi connectivity index (χ3n) is 4.64. The molecule has 2 aliphatic rings. The summed E-state index contributed by atoms with van der Waals surface area (Å²) in [6, 6.07) is 8.97. The van der Waals surface area contributed by atoms with Gasteiger partial charge in [-0.3, -0.25) is 4.90 Å². The Morgan fingerprint density at radius 3 is 3.00 bits per heavy atom. The van der Waals surface area contributed by atoms with Gasteiger partial charge in [0.2, 0.25) is 0 Å². The van der Waals surface area contributed by atoms with Gasteiger partial charge in [-0.1, -0.05) is 30.7 Å². The molecule has 0 aromatic heterocycles.